The fourth-order valence-corrected chi connectivity index (χ4v) is 3.26. The number of esters is 1. The molecule has 0 aromatic heterocycles. The normalized spacial score (nSPS) is 10.5. The highest BCUT2D eigenvalue weighted by Crippen LogP contribution is 2.36. The van der Waals surface area contributed by atoms with E-state index in [1.165, 1.54) is 30.3 Å². The number of halogens is 2. The van der Waals surface area contributed by atoms with Crippen molar-refractivity contribution in [2.45, 2.75) is 0 Å². The molecule has 9 heteroatoms. The van der Waals surface area contributed by atoms with E-state index in [9.17, 15) is 14.9 Å². The summed E-state index contributed by atoms with van der Waals surface area (Å²) in [5, 5.41) is 19.5. The Kier molecular flexibility index (Phi) is 6.23. The zero-order chi connectivity index (χ0) is 19.3. The third kappa shape index (κ3) is 4.54. The number of non-ortho nitro benzene ring substituents is 1. The first-order valence-electron chi connectivity index (χ1n) is 6.80. The van der Waals surface area contributed by atoms with Crippen LogP contribution in [0.15, 0.2) is 51.0 Å². The van der Waals surface area contributed by atoms with Crippen LogP contribution in [0.1, 0.15) is 15.9 Å². The van der Waals surface area contributed by atoms with Crippen LogP contribution in [0.5, 0.6) is 5.75 Å². The lowest BCUT2D eigenvalue weighted by Crippen LogP contribution is -2.09. The second-order valence-electron chi connectivity index (χ2n) is 4.76. The highest BCUT2D eigenvalue weighted by molar-refractivity contribution is 9.11. The second kappa shape index (κ2) is 8.39. The number of rotatable bonds is 4. The molecule has 0 heterocycles. The van der Waals surface area contributed by atoms with E-state index in [1.54, 1.807) is 18.2 Å². The highest BCUT2D eigenvalue weighted by Gasteiger charge is 2.16. The van der Waals surface area contributed by atoms with E-state index in [0.29, 0.717) is 14.5 Å². The largest absolute Gasteiger partial charge is 0.421 e. The van der Waals surface area contributed by atoms with E-state index in [4.69, 9.17) is 16.6 Å². The molecule has 0 fully saturated rings. The third-order valence-corrected chi connectivity index (χ3v) is 4.25. The zero-order valence-electron chi connectivity index (χ0n) is 12.8. The predicted octanol–water partition coefficient (Wildman–Crippen LogP) is 5.12. The molecule has 0 aliphatic heterocycles. The van der Waals surface area contributed by atoms with Crippen molar-refractivity contribution >= 4 is 49.6 Å². The van der Waals surface area contributed by atoms with Gasteiger partial charge in [0, 0.05) is 12.1 Å². The van der Waals surface area contributed by atoms with E-state index in [2.05, 4.69) is 36.7 Å². The van der Waals surface area contributed by atoms with E-state index >= 15 is 0 Å². The van der Waals surface area contributed by atoms with E-state index in [0.717, 1.165) is 0 Å². The van der Waals surface area contributed by atoms with Crippen molar-refractivity contribution < 1.29 is 14.5 Å². The number of ether oxygens (including phenoxy) is 1. The van der Waals surface area contributed by atoms with Crippen LogP contribution in [-0.4, -0.2) is 10.9 Å². The van der Waals surface area contributed by atoms with Gasteiger partial charge in [-0.25, -0.2) is 14.9 Å². The van der Waals surface area contributed by atoms with Gasteiger partial charge in [-0.1, -0.05) is 0 Å². The van der Waals surface area contributed by atoms with E-state index in [-0.39, 0.29) is 22.7 Å². The Hall–Kier alpha value is -3.01. The van der Waals surface area contributed by atoms with Crippen molar-refractivity contribution in [3.8, 4) is 11.8 Å². The van der Waals surface area contributed by atoms with Gasteiger partial charge in [-0.3, -0.25) is 10.1 Å². The predicted molar refractivity (Wildman–Crippen MR) is 100 cm³/mol. The topological polar surface area (TPSA) is 97.6 Å². The minimum absolute atomic E-state index is 0.0839. The third-order valence-electron chi connectivity index (χ3n) is 3.07. The van der Waals surface area contributed by atoms with E-state index < -0.39 is 10.9 Å². The van der Waals surface area contributed by atoms with Crippen molar-refractivity contribution in [2.75, 3.05) is 0 Å². The van der Waals surface area contributed by atoms with Crippen LogP contribution in [0.3, 0.4) is 0 Å². The number of carbonyl (C=O) groups excluding carboxylic acids is 1. The van der Waals surface area contributed by atoms with Gasteiger partial charge in [-0.15, -0.1) is 0 Å². The molecule has 0 bridgehead atoms. The summed E-state index contributed by atoms with van der Waals surface area (Å²) < 4.78 is 6.18. The van der Waals surface area contributed by atoms with Gasteiger partial charge in [0.2, 0.25) is 0 Å². The van der Waals surface area contributed by atoms with Crippen LogP contribution in [0.4, 0.5) is 5.69 Å². The van der Waals surface area contributed by atoms with Gasteiger partial charge in [-0.05, 0) is 67.8 Å². The summed E-state index contributed by atoms with van der Waals surface area (Å²) in [7, 11) is 0. The molecular formula is C17H7Br2N3O4. The van der Waals surface area contributed by atoms with Crippen molar-refractivity contribution in [3.63, 3.8) is 0 Å². The summed E-state index contributed by atoms with van der Waals surface area (Å²) in [5.74, 6) is -0.490. The standard InChI is InChI=1S/C17H7Br2N3O4/c1-21-12(9-20)6-10-7-14(18)16(15(19)8-10)26-17(23)11-2-4-13(5-3-11)22(24)25/h2-8H. The Bertz CT molecular complexity index is 963. The molecule has 0 aliphatic carbocycles. The van der Waals surface area contributed by atoms with Crippen molar-refractivity contribution in [1.82, 2.24) is 0 Å². The van der Waals surface area contributed by atoms with Crippen molar-refractivity contribution in [2.24, 2.45) is 0 Å². The fourth-order valence-electron chi connectivity index (χ4n) is 1.88. The molecule has 0 spiro atoms. The molecule has 0 radical (unpaired) electrons. The Morgan fingerprint density at radius 2 is 1.85 bits per heavy atom. The molecule has 0 atom stereocenters. The molecule has 2 aromatic rings. The van der Waals surface area contributed by atoms with Gasteiger partial charge in [0.05, 0.1) is 32.1 Å². The Balaban J connectivity index is 2.28. The quantitative estimate of drug-likeness (QED) is 0.152. The minimum Gasteiger partial charge on any atom is -0.421 e. The van der Waals surface area contributed by atoms with Crippen LogP contribution in [-0.2, 0) is 0 Å². The van der Waals surface area contributed by atoms with Crippen LogP contribution < -0.4 is 4.74 Å². The molecule has 128 valence electrons. The average Bonchev–Trinajstić information content (AvgIpc) is 2.62. The summed E-state index contributed by atoms with van der Waals surface area (Å²) in [4.78, 5) is 25.4. The summed E-state index contributed by atoms with van der Waals surface area (Å²) in [6.07, 6.45) is 1.39. The number of hydrogen-bond acceptors (Lipinski definition) is 5. The average molecular weight is 477 g/mol. The molecule has 7 nitrogen and oxygen atoms in total. The first-order valence-corrected chi connectivity index (χ1v) is 8.39. The lowest BCUT2D eigenvalue weighted by molar-refractivity contribution is -0.384. The Morgan fingerprint density at radius 3 is 2.31 bits per heavy atom. The SMILES string of the molecule is [C-]#[N+]C(C#N)=Cc1cc(Br)c(OC(=O)c2ccc([N+](=O)[O-])cc2)c(Br)c1. The number of allylic oxidation sites excluding steroid dienone is 1. The van der Waals surface area contributed by atoms with Crippen LogP contribution in [0, 0.1) is 28.0 Å². The molecule has 26 heavy (non-hydrogen) atoms. The molecule has 2 rings (SSSR count). The molecule has 0 saturated carbocycles. The maximum absolute atomic E-state index is 12.2. The Labute approximate surface area is 164 Å². The van der Waals surface area contributed by atoms with Crippen molar-refractivity contribution in [3.05, 3.63) is 83.7 Å². The van der Waals surface area contributed by atoms with Crippen molar-refractivity contribution in [1.29, 1.82) is 5.26 Å². The summed E-state index contributed by atoms with van der Waals surface area (Å²) in [5.41, 5.74) is 0.497. The van der Waals surface area contributed by atoms with Gasteiger partial charge in [0.15, 0.2) is 5.75 Å². The lowest BCUT2D eigenvalue weighted by atomic mass is 10.2. The van der Waals surface area contributed by atoms with E-state index in [1.807, 2.05) is 0 Å². The van der Waals surface area contributed by atoms with Gasteiger partial charge < -0.3 is 4.74 Å². The summed E-state index contributed by atoms with van der Waals surface area (Å²) in [6.45, 7) is 6.89. The number of nitro benzene ring substituents is 1. The lowest BCUT2D eigenvalue weighted by Gasteiger charge is -2.10. The molecule has 0 saturated heterocycles. The first-order chi connectivity index (χ1) is 12.3. The van der Waals surface area contributed by atoms with Crippen LogP contribution in [0.25, 0.3) is 10.9 Å². The zero-order valence-corrected chi connectivity index (χ0v) is 15.9. The second-order valence-corrected chi connectivity index (χ2v) is 6.47. The maximum Gasteiger partial charge on any atom is 0.343 e. The monoisotopic (exact) mass is 475 g/mol. The first kappa shape index (κ1) is 19.3. The summed E-state index contributed by atoms with van der Waals surface area (Å²) in [6, 6.07) is 9.96. The van der Waals surface area contributed by atoms with Gasteiger partial charge in [0.1, 0.15) is 0 Å². The molecule has 2 aromatic carbocycles. The minimum atomic E-state index is -0.691. The van der Waals surface area contributed by atoms with Crippen LogP contribution in [0.2, 0.25) is 0 Å². The maximum atomic E-state index is 12.2. The smallest absolute Gasteiger partial charge is 0.343 e. The van der Waals surface area contributed by atoms with Gasteiger partial charge in [0.25, 0.3) is 11.4 Å². The molecule has 0 aliphatic rings. The summed E-state index contributed by atoms with van der Waals surface area (Å²) >= 11 is 6.55. The number of carbonyl (C=O) groups is 1. The Morgan fingerprint density at radius 1 is 1.27 bits per heavy atom. The number of hydrogen-bond donors (Lipinski definition) is 0. The fraction of sp³-hybridized carbons (Fsp3) is 0. The van der Waals surface area contributed by atoms with Crippen LogP contribution >= 0.6 is 31.9 Å². The van der Waals surface area contributed by atoms with Gasteiger partial charge >= 0.3 is 5.97 Å². The number of nitrogens with zero attached hydrogens (tertiary/aromatic N) is 3. The molecule has 0 unspecified atom stereocenters. The molecular weight excluding hydrogens is 470 g/mol. The number of nitriles is 1. The van der Waals surface area contributed by atoms with Gasteiger partial charge in [-0.2, -0.15) is 0 Å². The number of nitro groups is 1. The highest BCUT2D eigenvalue weighted by atomic mass is 79.9. The number of benzene rings is 2. The molecule has 0 amide bonds. The molecule has 0 N–H and O–H groups in total.